The smallest absolute Gasteiger partial charge is 0.141 e. The summed E-state index contributed by atoms with van der Waals surface area (Å²) in [5.74, 6) is 0.239. The van der Waals surface area contributed by atoms with E-state index in [1.54, 1.807) is 25.3 Å². The van der Waals surface area contributed by atoms with Crippen molar-refractivity contribution in [1.82, 2.24) is 4.98 Å². The average molecular weight is 191 g/mol. The van der Waals surface area contributed by atoms with E-state index in [-0.39, 0.29) is 12.4 Å². The van der Waals surface area contributed by atoms with Crippen LogP contribution in [0.5, 0.6) is 5.75 Å². The molecule has 0 fully saturated rings. The number of aliphatic hydroxyl groups excluding tert-OH is 1. The molecular weight excluding hydrogens is 178 g/mol. The summed E-state index contributed by atoms with van der Waals surface area (Å²) < 4.78 is 0. The summed E-state index contributed by atoms with van der Waals surface area (Å²) in [6.07, 6.45) is 1.67. The maximum atomic E-state index is 9.31. The third-order valence-electron chi connectivity index (χ3n) is 1.61. The average Bonchev–Trinajstić information content (AvgIpc) is 2.20. The van der Waals surface area contributed by atoms with Crippen LogP contribution >= 0.6 is 0 Å². The van der Waals surface area contributed by atoms with Crippen LogP contribution in [0.1, 0.15) is 6.92 Å². The van der Waals surface area contributed by atoms with Crippen molar-refractivity contribution >= 4 is 10.9 Å². The topological polar surface area (TPSA) is 53.4 Å². The molecule has 14 heavy (non-hydrogen) atoms. The number of hydrogen-bond donors (Lipinski definition) is 2. The summed E-state index contributed by atoms with van der Waals surface area (Å²) in [5, 5.41) is 17.8. The number of para-hydroxylation sites is 1. The third-order valence-corrected chi connectivity index (χ3v) is 1.61. The number of phenolic OH excluding ortho intramolecular Hbond substituents is 1. The number of aliphatic hydroxyl groups is 1. The van der Waals surface area contributed by atoms with E-state index in [1.165, 1.54) is 0 Å². The molecule has 0 aliphatic heterocycles. The quantitative estimate of drug-likeness (QED) is 0.669. The Morgan fingerprint density at radius 1 is 1.21 bits per heavy atom. The van der Waals surface area contributed by atoms with Crippen molar-refractivity contribution < 1.29 is 10.2 Å². The van der Waals surface area contributed by atoms with Crippen molar-refractivity contribution in [2.45, 2.75) is 6.92 Å². The molecule has 1 heterocycles. The second-order valence-electron chi connectivity index (χ2n) is 2.67. The van der Waals surface area contributed by atoms with Gasteiger partial charge in [0, 0.05) is 18.2 Å². The molecule has 74 valence electrons. The number of benzene rings is 1. The van der Waals surface area contributed by atoms with Crippen molar-refractivity contribution in [2.75, 3.05) is 6.61 Å². The highest BCUT2D eigenvalue weighted by atomic mass is 16.3. The fourth-order valence-corrected chi connectivity index (χ4v) is 1.09. The number of hydrogen-bond acceptors (Lipinski definition) is 3. The molecular formula is C11H13NO2. The lowest BCUT2D eigenvalue weighted by molar-refractivity contribution is 0.318. The Balaban J connectivity index is 0.000000293. The zero-order chi connectivity index (χ0) is 10.4. The Hall–Kier alpha value is -1.61. The van der Waals surface area contributed by atoms with Crippen LogP contribution in [-0.2, 0) is 0 Å². The molecule has 2 aromatic rings. The van der Waals surface area contributed by atoms with Gasteiger partial charge < -0.3 is 10.2 Å². The SMILES string of the molecule is CCO.Oc1cccc2cccnc12. The highest BCUT2D eigenvalue weighted by Crippen LogP contribution is 2.20. The van der Waals surface area contributed by atoms with Gasteiger partial charge in [0.2, 0.25) is 0 Å². The first kappa shape index (κ1) is 10.5. The summed E-state index contributed by atoms with van der Waals surface area (Å²) in [6.45, 7) is 1.93. The second-order valence-corrected chi connectivity index (χ2v) is 2.67. The molecule has 0 unspecified atom stereocenters. The van der Waals surface area contributed by atoms with Crippen LogP contribution in [-0.4, -0.2) is 21.8 Å². The van der Waals surface area contributed by atoms with Crippen LogP contribution in [0, 0.1) is 0 Å². The maximum Gasteiger partial charge on any atom is 0.141 e. The molecule has 0 saturated heterocycles. The summed E-state index contributed by atoms with van der Waals surface area (Å²) in [7, 11) is 0. The first-order chi connectivity index (χ1) is 6.79. The second kappa shape index (κ2) is 5.19. The number of phenols is 1. The molecule has 0 aliphatic carbocycles. The van der Waals surface area contributed by atoms with Crippen molar-refractivity contribution in [3.05, 3.63) is 36.5 Å². The summed E-state index contributed by atoms with van der Waals surface area (Å²) >= 11 is 0. The number of pyridine rings is 1. The molecule has 3 heteroatoms. The van der Waals surface area contributed by atoms with Crippen molar-refractivity contribution in [1.29, 1.82) is 0 Å². The van der Waals surface area contributed by atoms with E-state index in [1.807, 2.05) is 18.2 Å². The van der Waals surface area contributed by atoms with Crippen LogP contribution in [0.3, 0.4) is 0 Å². The van der Waals surface area contributed by atoms with E-state index in [9.17, 15) is 5.11 Å². The van der Waals surface area contributed by atoms with Crippen molar-refractivity contribution in [2.24, 2.45) is 0 Å². The fourth-order valence-electron chi connectivity index (χ4n) is 1.09. The van der Waals surface area contributed by atoms with Crippen LogP contribution in [0.4, 0.5) is 0 Å². The lowest BCUT2D eigenvalue weighted by atomic mass is 10.2. The molecule has 1 aromatic heterocycles. The van der Waals surface area contributed by atoms with Gasteiger partial charge >= 0.3 is 0 Å². The molecule has 0 spiro atoms. The molecule has 2 N–H and O–H groups in total. The fraction of sp³-hybridized carbons (Fsp3) is 0.182. The molecule has 0 radical (unpaired) electrons. The van der Waals surface area contributed by atoms with Gasteiger partial charge in [-0.3, -0.25) is 4.98 Å². The number of aromatic nitrogens is 1. The van der Waals surface area contributed by atoms with Gasteiger partial charge in [0.1, 0.15) is 11.3 Å². The highest BCUT2D eigenvalue weighted by molar-refractivity contribution is 5.83. The minimum absolute atomic E-state index is 0.239. The Morgan fingerprint density at radius 3 is 2.50 bits per heavy atom. The summed E-state index contributed by atoms with van der Waals surface area (Å²) in [6, 6.07) is 9.13. The largest absolute Gasteiger partial charge is 0.506 e. The van der Waals surface area contributed by atoms with Gasteiger partial charge in [0.15, 0.2) is 0 Å². The minimum Gasteiger partial charge on any atom is -0.506 e. The van der Waals surface area contributed by atoms with Gasteiger partial charge in [0.05, 0.1) is 0 Å². The van der Waals surface area contributed by atoms with Gasteiger partial charge in [-0.2, -0.15) is 0 Å². The lowest BCUT2D eigenvalue weighted by Gasteiger charge is -1.96. The van der Waals surface area contributed by atoms with E-state index in [0.29, 0.717) is 5.52 Å². The Bertz CT molecular complexity index is 396. The number of rotatable bonds is 0. The van der Waals surface area contributed by atoms with E-state index in [0.717, 1.165) is 5.39 Å². The molecule has 0 bridgehead atoms. The van der Waals surface area contributed by atoms with Gasteiger partial charge in [0.25, 0.3) is 0 Å². The zero-order valence-electron chi connectivity index (χ0n) is 8.01. The van der Waals surface area contributed by atoms with Gasteiger partial charge in [-0.15, -0.1) is 0 Å². The Kier molecular flexibility index (Phi) is 3.88. The molecule has 0 atom stereocenters. The first-order valence-corrected chi connectivity index (χ1v) is 4.43. The van der Waals surface area contributed by atoms with Gasteiger partial charge in [-0.1, -0.05) is 18.2 Å². The number of fused-ring (bicyclic) bond motifs is 1. The molecule has 0 saturated carbocycles. The first-order valence-electron chi connectivity index (χ1n) is 4.43. The van der Waals surface area contributed by atoms with Crippen molar-refractivity contribution in [3.63, 3.8) is 0 Å². The van der Waals surface area contributed by atoms with Crippen LogP contribution in [0.25, 0.3) is 10.9 Å². The van der Waals surface area contributed by atoms with E-state index < -0.39 is 0 Å². The molecule has 0 amide bonds. The van der Waals surface area contributed by atoms with Gasteiger partial charge in [-0.25, -0.2) is 0 Å². The third kappa shape index (κ3) is 2.44. The highest BCUT2D eigenvalue weighted by Gasteiger charge is 1.96. The van der Waals surface area contributed by atoms with Crippen LogP contribution in [0.2, 0.25) is 0 Å². The van der Waals surface area contributed by atoms with E-state index in [4.69, 9.17) is 5.11 Å². The van der Waals surface area contributed by atoms with Gasteiger partial charge in [-0.05, 0) is 19.1 Å². The molecule has 3 nitrogen and oxygen atoms in total. The predicted molar refractivity (Wildman–Crippen MR) is 56.2 cm³/mol. The molecule has 0 aliphatic rings. The monoisotopic (exact) mass is 191 g/mol. The van der Waals surface area contributed by atoms with Crippen LogP contribution < -0.4 is 0 Å². The lowest BCUT2D eigenvalue weighted by Crippen LogP contribution is -1.76. The standard InChI is InChI=1S/C9H7NO.C2H6O/c11-8-5-1-3-7-4-2-6-10-9(7)8;1-2-3/h1-6,11H;3H,2H2,1H3. The zero-order valence-corrected chi connectivity index (χ0v) is 8.01. The number of aromatic hydroxyl groups is 1. The summed E-state index contributed by atoms with van der Waals surface area (Å²) in [5.41, 5.74) is 0.662. The van der Waals surface area contributed by atoms with E-state index in [2.05, 4.69) is 4.98 Å². The maximum absolute atomic E-state index is 9.31. The molecule has 1 aromatic carbocycles. The van der Waals surface area contributed by atoms with Crippen molar-refractivity contribution in [3.8, 4) is 5.75 Å². The summed E-state index contributed by atoms with van der Waals surface area (Å²) in [4.78, 5) is 4.03. The normalized spacial score (nSPS) is 9.29. The molecule has 2 rings (SSSR count). The minimum atomic E-state index is 0.239. The van der Waals surface area contributed by atoms with E-state index >= 15 is 0 Å². The van der Waals surface area contributed by atoms with Crippen LogP contribution in [0.15, 0.2) is 36.5 Å². The number of nitrogens with zero attached hydrogens (tertiary/aromatic N) is 1. The Morgan fingerprint density at radius 2 is 1.86 bits per heavy atom. The predicted octanol–water partition coefficient (Wildman–Crippen LogP) is 1.94. The Labute approximate surface area is 82.7 Å².